The molecule has 0 saturated carbocycles. The van der Waals surface area contributed by atoms with Crippen LogP contribution in [0.4, 0.5) is 15.8 Å². The number of rotatable bonds is 5. The van der Waals surface area contributed by atoms with Gasteiger partial charge in [0, 0.05) is 31.5 Å². The van der Waals surface area contributed by atoms with Crippen molar-refractivity contribution in [2.24, 2.45) is 0 Å². The maximum atomic E-state index is 14.1. The van der Waals surface area contributed by atoms with E-state index in [4.69, 9.17) is 4.74 Å². The van der Waals surface area contributed by atoms with Crippen LogP contribution >= 0.6 is 0 Å². The zero-order valence-electron chi connectivity index (χ0n) is 10.9. The Morgan fingerprint density at radius 3 is 2.89 bits per heavy atom. The molecular formula is C13H17FN2O3. The smallest absolute Gasteiger partial charge is 0.257 e. The van der Waals surface area contributed by atoms with E-state index in [1.807, 2.05) is 11.8 Å². The van der Waals surface area contributed by atoms with E-state index >= 15 is 0 Å². The Hall–Kier alpha value is -1.66. The molecule has 1 heterocycles. The molecule has 1 amide bonds. The average Bonchev–Trinajstić information content (AvgIpc) is 2.66. The first-order valence-electron chi connectivity index (χ1n) is 6.14. The van der Waals surface area contributed by atoms with Gasteiger partial charge in [-0.05, 0) is 19.1 Å². The van der Waals surface area contributed by atoms with Gasteiger partial charge in [0.05, 0.1) is 12.3 Å². The molecule has 0 aliphatic carbocycles. The molecule has 2 rings (SSSR count). The normalized spacial score (nSPS) is 17.3. The van der Waals surface area contributed by atoms with Crippen LogP contribution in [0, 0.1) is 5.82 Å². The molecule has 0 spiro atoms. The van der Waals surface area contributed by atoms with Crippen molar-refractivity contribution in [3.8, 4) is 0 Å². The highest BCUT2D eigenvalue weighted by Crippen LogP contribution is 2.35. The standard InChI is InChI=1S/C13H17FN2O3/c1-3-16(4-5-19-2)11-7-10-8(6-9(11)14)12(17)13(18)15-10/h6-7,12,17H,3-5H2,1-2H3,(H,15,18). The van der Waals surface area contributed by atoms with Crippen LogP contribution in [0.2, 0.25) is 0 Å². The largest absolute Gasteiger partial charge is 0.383 e. The van der Waals surface area contributed by atoms with Gasteiger partial charge in [0.1, 0.15) is 5.82 Å². The highest BCUT2D eigenvalue weighted by atomic mass is 19.1. The lowest BCUT2D eigenvalue weighted by Gasteiger charge is -2.24. The van der Waals surface area contributed by atoms with Crippen molar-refractivity contribution in [2.75, 3.05) is 37.0 Å². The summed E-state index contributed by atoms with van der Waals surface area (Å²) in [5, 5.41) is 12.1. The van der Waals surface area contributed by atoms with E-state index in [0.29, 0.717) is 31.1 Å². The molecule has 2 N–H and O–H groups in total. The summed E-state index contributed by atoms with van der Waals surface area (Å²) in [6, 6.07) is 2.76. The van der Waals surface area contributed by atoms with Crippen molar-refractivity contribution in [3.63, 3.8) is 0 Å². The number of nitrogens with one attached hydrogen (secondary N) is 1. The summed E-state index contributed by atoms with van der Waals surface area (Å²) in [7, 11) is 1.59. The van der Waals surface area contributed by atoms with E-state index in [0.717, 1.165) is 0 Å². The molecule has 0 aromatic heterocycles. The number of likely N-dealkylation sites (N-methyl/N-ethyl adjacent to an activating group) is 1. The number of fused-ring (bicyclic) bond motifs is 1. The van der Waals surface area contributed by atoms with E-state index in [1.54, 1.807) is 13.2 Å². The second-order valence-corrected chi connectivity index (χ2v) is 4.36. The molecule has 5 nitrogen and oxygen atoms in total. The van der Waals surface area contributed by atoms with Crippen molar-refractivity contribution >= 4 is 17.3 Å². The zero-order chi connectivity index (χ0) is 14.0. The molecule has 1 aromatic rings. The minimum absolute atomic E-state index is 0.286. The monoisotopic (exact) mass is 268 g/mol. The number of aliphatic hydroxyl groups is 1. The Kier molecular flexibility index (Phi) is 4.01. The third-order valence-electron chi connectivity index (χ3n) is 3.21. The number of hydrogen-bond acceptors (Lipinski definition) is 4. The lowest BCUT2D eigenvalue weighted by molar-refractivity contribution is -0.123. The van der Waals surface area contributed by atoms with Gasteiger partial charge in [0.15, 0.2) is 6.10 Å². The maximum Gasteiger partial charge on any atom is 0.257 e. The highest BCUT2D eigenvalue weighted by molar-refractivity contribution is 6.02. The Bertz CT molecular complexity index is 493. The molecule has 1 aliphatic rings. The number of hydrogen-bond donors (Lipinski definition) is 2. The van der Waals surface area contributed by atoms with Crippen LogP contribution in [-0.4, -0.2) is 37.8 Å². The van der Waals surface area contributed by atoms with Crippen molar-refractivity contribution in [1.29, 1.82) is 0 Å². The van der Waals surface area contributed by atoms with E-state index in [2.05, 4.69) is 5.32 Å². The van der Waals surface area contributed by atoms with Gasteiger partial charge in [-0.3, -0.25) is 4.79 Å². The molecule has 0 bridgehead atoms. The molecule has 0 fully saturated rings. The number of methoxy groups -OCH3 is 1. The number of ether oxygens (including phenoxy) is 1. The molecule has 19 heavy (non-hydrogen) atoms. The minimum atomic E-state index is -1.28. The number of nitrogens with zero attached hydrogens (tertiary/aromatic N) is 1. The quantitative estimate of drug-likeness (QED) is 0.844. The maximum absolute atomic E-state index is 14.1. The molecule has 1 aromatic carbocycles. The number of aliphatic hydroxyl groups excluding tert-OH is 1. The van der Waals surface area contributed by atoms with Gasteiger partial charge in [-0.15, -0.1) is 0 Å². The number of carbonyl (C=O) groups excluding carboxylic acids is 1. The predicted octanol–water partition coefficient (Wildman–Crippen LogP) is 1.28. The van der Waals surface area contributed by atoms with Gasteiger partial charge in [-0.2, -0.15) is 0 Å². The van der Waals surface area contributed by atoms with Gasteiger partial charge >= 0.3 is 0 Å². The molecule has 0 saturated heterocycles. The van der Waals surface area contributed by atoms with Crippen LogP contribution in [0.15, 0.2) is 12.1 Å². The minimum Gasteiger partial charge on any atom is -0.383 e. The van der Waals surface area contributed by atoms with E-state index < -0.39 is 17.8 Å². The molecule has 1 aliphatic heterocycles. The Balaban J connectivity index is 2.32. The molecule has 0 radical (unpaired) electrons. The topological polar surface area (TPSA) is 61.8 Å². The lowest BCUT2D eigenvalue weighted by atomic mass is 10.1. The summed E-state index contributed by atoms with van der Waals surface area (Å²) in [4.78, 5) is 13.2. The number of halogens is 1. The summed E-state index contributed by atoms with van der Waals surface area (Å²) >= 11 is 0. The molecule has 1 unspecified atom stereocenters. The Morgan fingerprint density at radius 2 is 2.26 bits per heavy atom. The second kappa shape index (κ2) is 5.54. The van der Waals surface area contributed by atoms with Gasteiger partial charge in [-0.1, -0.05) is 0 Å². The lowest BCUT2D eigenvalue weighted by Crippen LogP contribution is -2.27. The zero-order valence-corrected chi connectivity index (χ0v) is 10.9. The molecule has 1 atom stereocenters. The van der Waals surface area contributed by atoms with Gasteiger partial charge in [0.2, 0.25) is 0 Å². The van der Waals surface area contributed by atoms with Crippen LogP contribution in [0.5, 0.6) is 0 Å². The SMILES string of the molecule is CCN(CCOC)c1cc2c(cc1F)C(O)C(=O)N2. The van der Waals surface area contributed by atoms with Crippen LogP contribution in [0.1, 0.15) is 18.6 Å². The summed E-state index contributed by atoms with van der Waals surface area (Å²) in [6.45, 7) is 3.57. The first-order chi connectivity index (χ1) is 9.08. The number of anilines is 2. The number of carbonyl (C=O) groups is 1. The van der Waals surface area contributed by atoms with Crippen molar-refractivity contribution in [3.05, 3.63) is 23.5 Å². The Morgan fingerprint density at radius 1 is 1.53 bits per heavy atom. The fraction of sp³-hybridized carbons (Fsp3) is 0.462. The van der Waals surface area contributed by atoms with Crippen LogP contribution in [0.3, 0.4) is 0 Å². The first kappa shape index (κ1) is 13.8. The van der Waals surface area contributed by atoms with Crippen LogP contribution in [-0.2, 0) is 9.53 Å². The van der Waals surface area contributed by atoms with Gasteiger partial charge in [0.25, 0.3) is 5.91 Å². The van der Waals surface area contributed by atoms with E-state index in [9.17, 15) is 14.3 Å². The predicted molar refractivity (Wildman–Crippen MR) is 69.8 cm³/mol. The highest BCUT2D eigenvalue weighted by Gasteiger charge is 2.30. The third kappa shape index (κ3) is 2.54. The van der Waals surface area contributed by atoms with Crippen molar-refractivity contribution in [1.82, 2.24) is 0 Å². The molecule has 104 valence electrons. The number of benzene rings is 1. The van der Waals surface area contributed by atoms with Crippen molar-refractivity contribution in [2.45, 2.75) is 13.0 Å². The Labute approximate surface area is 111 Å². The van der Waals surface area contributed by atoms with E-state index in [1.165, 1.54) is 6.07 Å². The summed E-state index contributed by atoms with van der Waals surface area (Å²) in [5.41, 5.74) is 1.14. The van der Waals surface area contributed by atoms with Crippen LogP contribution in [0.25, 0.3) is 0 Å². The van der Waals surface area contributed by atoms with Crippen LogP contribution < -0.4 is 10.2 Å². The number of amides is 1. The molecular weight excluding hydrogens is 251 g/mol. The fourth-order valence-electron chi connectivity index (χ4n) is 2.15. The van der Waals surface area contributed by atoms with Gasteiger partial charge in [-0.25, -0.2) is 4.39 Å². The van der Waals surface area contributed by atoms with E-state index in [-0.39, 0.29) is 5.56 Å². The van der Waals surface area contributed by atoms with Gasteiger partial charge < -0.3 is 20.1 Å². The first-order valence-corrected chi connectivity index (χ1v) is 6.14. The summed E-state index contributed by atoms with van der Waals surface area (Å²) in [5.74, 6) is -0.973. The summed E-state index contributed by atoms with van der Waals surface area (Å²) in [6.07, 6.45) is -1.28. The third-order valence-corrected chi connectivity index (χ3v) is 3.21. The summed E-state index contributed by atoms with van der Waals surface area (Å²) < 4.78 is 19.1. The second-order valence-electron chi connectivity index (χ2n) is 4.36. The van der Waals surface area contributed by atoms with Crippen molar-refractivity contribution < 1.29 is 19.0 Å². The fourth-order valence-corrected chi connectivity index (χ4v) is 2.15. The molecule has 6 heteroatoms. The average molecular weight is 268 g/mol.